The summed E-state index contributed by atoms with van der Waals surface area (Å²) in [5.74, 6) is 0. The van der Waals surface area contributed by atoms with Crippen molar-refractivity contribution in [1.82, 2.24) is 0 Å². The van der Waals surface area contributed by atoms with E-state index in [4.69, 9.17) is 5.73 Å². The number of nitrogens with two attached hydrogens (primary N) is 1. The van der Waals surface area contributed by atoms with E-state index >= 15 is 0 Å². The molecule has 0 amide bonds. The average Bonchev–Trinajstić information content (AvgIpc) is 2.91. The molecule has 0 heterocycles. The predicted octanol–water partition coefficient (Wildman–Crippen LogP) is 3.22. The summed E-state index contributed by atoms with van der Waals surface area (Å²) in [6.45, 7) is 2.09. The van der Waals surface area contributed by atoms with E-state index in [9.17, 15) is 0 Å². The molecule has 2 aromatic rings. The van der Waals surface area contributed by atoms with Crippen molar-refractivity contribution in [3.05, 3.63) is 60.2 Å². The minimum absolute atomic E-state index is 0. The van der Waals surface area contributed by atoms with Crippen LogP contribution in [-0.2, 0) is 17.1 Å². The van der Waals surface area contributed by atoms with Gasteiger partial charge in [-0.05, 0) is 12.5 Å². The Morgan fingerprint density at radius 2 is 1.67 bits per heavy atom. The standard InChI is InChI=1S/C8H12N.C5H5.Fe/c1-2-8(9)7-5-3-4-6-7;1-2-4-5-3-1;/h3-6,8H,2,9H2,1H3;1-5H;/q2*-1;+2. The normalized spacial score (nSPS) is 10.8. The zero-order valence-electron chi connectivity index (χ0n) is 8.91. The predicted molar refractivity (Wildman–Crippen MR) is 61.3 cm³/mol. The maximum Gasteiger partial charge on any atom is 2.00 e. The minimum Gasteiger partial charge on any atom is -0.334 e. The summed E-state index contributed by atoms with van der Waals surface area (Å²) in [5, 5.41) is 0. The molecule has 1 unspecified atom stereocenters. The van der Waals surface area contributed by atoms with Gasteiger partial charge in [-0.15, -0.1) is 5.56 Å². The van der Waals surface area contributed by atoms with Crippen LogP contribution in [0.15, 0.2) is 54.6 Å². The SMILES string of the molecule is CCC(N)[c-]1cccc1.[Fe+2].c1cc[cH-]c1. The molecule has 2 rings (SSSR count). The molecular weight excluding hydrogens is 226 g/mol. The molecule has 0 aliphatic rings. The number of rotatable bonds is 2. The molecule has 0 radical (unpaired) electrons. The van der Waals surface area contributed by atoms with Crippen molar-refractivity contribution in [1.29, 1.82) is 0 Å². The fraction of sp³-hybridized carbons (Fsp3) is 0.231. The molecule has 0 saturated carbocycles. The molecule has 0 bridgehead atoms. The van der Waals surface area contributed by atoms with Gasteiger partial charge in [0, 0.05) is 0 Å². The Kier molecular flexibility index (Phi) is 8.02. The smallest absolute Gasteiger partial charge is 0.334 e. The quantitative estimate of drug-likeness (QED) is 0.636. The van der Waals surface area contributed by atoms with Crippen molar-refractivity contribution in [3.63, 3.8) is 0 Å². The molecule has 0 saturated heterocycles. The van der Waals surface area contributed by atoms with Crippen LogP contribution in [0, 0.1) is 0 Å². The van der Waals surface area contributed by atoms with Crippen LogP contribution in [0.5, 0.6) is 0 Å². The van der Waals surface area contributed by atoms with Crippen LogP contribution in [0.1, 0.15) is 24.9 Å². The van der Waals surface area contributed by atoms with Gasteiger partial charge >= 0.3 is 17.1 Å². The van der Waals surface area contributed by atoms with Crippen molar-refractivity contribution in [3.8, 4) is 0 Å². The Balaban J connectivity index is 0.000000280. The average molecular weight is 243 g/mol. The van der Waals surface area contributed by atoms with Gasteiger partial charge in [0.15, 0.2) is 0 Å². The zero-order chi connectivity index (χ0) is 10.2. The molecule has 0 aromatic heterocycles. The Labute approximate surface area is 103 Å². The van der Waals surface area contributed by atoms with E-state index in [1.165, 1.54) is 5.56 Å². The summed E-state index contributed by atoms with van der Waals surface area (Å²) in [5.41, 5.74) is 6.99. The van der Waals surface area contributed by atoms with E-state index in [1.54, 1.807) is 0 Å². The molecular formula is C13H17FeN. The van der Waals surface area contributed by atoms with Crippen LogP contribution in [0.25, 0.3) is 0 Å². The van der Waals surface area contributed by atoms with Crippen LogP contribution in [0.4, 0.5) is 0 Å². The van der Waals surface area contributed by atoms with Crippen molar-refractivity contribution in [2.75, 3.05) is 0 Å². The Morgan fingerprint density at radius 1 is 1.13 bits per heavy atom. The van der Waals surface area contributed by atoms with E-state index in [-0.39, 0.29) is 23.1 Å². The molecule has 15 heavy (non-hydrogen) atoms. The molecule has 82 valence electrons. The second-order valence-electron chi connectivity index (χ2n) is 3.20. The number of hydrogen-bond acceptors (Lipinski definition) is 1. The first-order chi connectivity index (χ1) is 6.84. The molecule has 0 aliphatic heterocycles. The zero-order valence-corrected chi connectivity index (χ0v) is 10.0. The van der Waals surface area contributed by atoms with Gasteiger partial charge in [-0.1, -0.05) is 6.92 Å². The molecule has 0 spiro atoms. The van der Waals surface area contributed by atoms with Gasteiger partial charge in [0.05, 0.1) is 0 Å². The monoisotopic (exact) mass is 243 g/mol. The van der Waals surface area contributed by atoms with E-state index in [0.29, 0.717) is 0 Å². The summed E-state index contributed by atoms with van der Waals surface area (Å²) >= 11 is 0. The minimum atomic E-state index is 0. The Bertz CT molecular complexity index is 280. The molecule has 1 nitrogen and oxygen atoms in total. The second kappa shape index (κ2) is 8.48. The van der Waals surface area contributed by atoms with Crippen molar-refractivity contribution < 1.29 is 17.1 Å². The van der Waals surface area contributed by atoms with Crippen molar-refractivity contribution >= 4 is 0 Å². The number of hydrogen-bond donors (Lipinski definition) is 1. The summed E-state index contributed by atoms with van der Waals surface area (Å²) in [6.07, 6.45) is 1.02. The van der Waals surface area contributed by atoms with E-state index < -0.39 is 0 Å². The molecule has 0 fully saturated rings. The fourth-order valence-electron chi connectivity index (χ4n) is 1.19. The summed E-state index contributed by atoms with van der Waals surface area (Å²) in [7, 11) is 0. The van der Waals surface area contributed by atoms with E-state index in [2.05, 4.69) is 19.1 Å². The van der Waals surface area contributed by atoms with Crippen LogP contribution in [0.3, 0.4) is 0 Å². The molecule has 1 atom stereocenters. The Morgan fingerprint density at radius 3 is 2.00 bits per heavy atom. The van der Waals surface area contributed by atoms with Gasteiger partial charge in [-0.25, -0.2) is 24.3 Å². The van der Waals surface area contributed by atoms with Crippen LogP contribution >= 0.6 is 0 Å². The largest absolute Gasteiger partial charge is 2.00 e. The Hall–Kier alpha value is -0.821. The second-order valence-corrected chi connectivity index (χ2v) is 3.20. The first-order valence-corrected chi connectivity index (χ1v) is 4.98. The summed E-state index contributed by atoms with van der Waals surface area (Å²) in [4.78, 5) is 0. The van der Waals surface area contributed by atoms with E-state index in [0.717, 1.165) is 6.42 Å². The van der Waals surface area contributed by atoms with Gasteiger partial charge in [0.1, 0.15) is 0 Å². The van der Waals surface area contributed by atoms with Crippen molar-refractivity contribution in [2.45, 2.75) is 19.4 Å². The summed E-state index contributed by atoms with van der Waals surface area (Å²) < 4.78 is 0. The van der Waals surface area contributed by atoms with Gasteiger partial charge < -0.3 is 5.73 Å². The molecule has 0 aliphatic carbocycles. The molecule has 2 N–H and O–H groups in total. The topological polar surface area (TPSA) is 26.0 Å². The first-order valence-electron chi connectivity index (χ1n) is 4.98. The van der Waals surface area contributed by atoms with Gasteiger partial charge in [-0.2, -0.15) is 30.3 Å². The van der Waals surface area contributed by atoms with Crippen molar-refractivity contribution in [2.24, 2.45) is 5.73 Å². The van der Waals surface area contributed by atoms with Gasteiger partial charge in [0.25, 0.3) is 0 Å². The molecule has 2 aromatic carbocycles. The fourth-order valence-corrected chi connectivity index (χ4v) is 1.19. The third kappa shape index (κ3) is 5.58. The third-order valence-corrected chi connectivity index (χ3v) is 2.11. The first kappa shape index (κ1) is 14.2. The maximum atomic E-state index is 5.74. The van der Waals surface area contributed by atoms with Crippen LogP contribution in [-0.4, -0.2) is 0 Å². The third-order valence-electron chi connectivity index (χ3n) is 2.11. The van der Waals surface area contributed by atoms with Crippen LogP contribution < -0.4 is 5.73 Å². The van der Waals surface area contributed by atoms with Gasteiger partial charge in [0.2, 0.25) is 0 Å². The molecule has 2 heteroatoms. The summed E-state index contributed by atoms with van der Waals surface area (Å²) in [6, 6.07) is 18.4. The maximum absolute atomic E-state index is 5.74. The van der Waals surface area contributed by atoms with Crippen LogP contribution in [0.2, 0.25) is 0 Å². The van der Waals surface area contributed by atoms with Gasteiger partial charge in [-0.3, -0.25) is 0 Å². The van der Waals surface area contributed by atoms with E-state index in [1.807, 2.05) is 42.5 Å².